The van der Waals surface area contributed by atoms with Crippen molar-refractivity contribution < 1.29 is 4.79 Å². The van der Waals surface area contributed by atoms with Crippen LogP contribution in [0.2, 0.25) is 0 Å². The molecule has 0 saturated carbocycles. The van der Waals surface area contributed by atoms with Crippen LogP contribution in [0.15, 0.2) is 48.5 Å². The van der Waals surface area contributed by atoms with Gasteiger partial charge in [-0.3, -0.25) is 10.2 Å². The number of aryl methyl sites for hydroxylation is 1. The van der Waals surface area contributed by atoms with Crippen LogP contribution in [-0.4, -0.2) is 10.9 Å². The van der Waals surface area contributed by atoms with E-state index in [4.69, 9.17) is 5.84 Å². The lowest BCUT2D eigenvalue weighted by Crippen LogP contribution is -2.29. The van der Waals surface area contributed by atoms with Gasteiger partial charge >= 0.3 is 0 Å². The molecule has 0 aliphatic rings. The quantitative estimate of drug-likeness (QED) is 0.392. The monoisotopic (exact) mass is 279 g/mol. The van der Waals surface area contributed by atoms with Gasteiger partial charge in [0.1, 0.15) is 0 Å². The Balaban J connectivity index is 1.92. The molecule has 3 rings (SSSR count). The fourth-order valence-electron chi connectivity index (χ4n) is 2.62. The Bertz CT molecular complexity index is 787. The van der Waals surface area contributed by atoms with E-state index >= 15 is 0 Å². The summed E-state index contributed by atoms with van der Waals surface area (Å²) in [6.07, 6.45) is 0.834. The van der Waals surface area contributed by atoms with Crippen molar-refractivity contribution in [2.45, 2.75) is 13.3 Å². The summed E-state index contributed by atoms with van der Waals surface area (Å²) in [5, 5.41) is 1.25. The number of hydrazine groups is 1. The number of H-pyrrole nitrogens is 1. The molecule has 0 spiro atoms. The molecule has 4 nitrogen and oxygen atoms in total. The van der Waals surface area contributed by atoms with Crippen molar-refractivity contribution in [1.29, 1.82) is 0 Å². The molecule has 0 atom stereocenters. The molecule has 4 N–H and O–H groups in total. The molecular formula is C17H17N3O. The van der Waals surface area contributed by atoms with E-state index in [-0.39, 0.29) is 5.91 Å². The van der Waals surface area contributed by atoms with Crippen LogP contribution in [0, 0.1) is 6.92 Å². The number of nitrogens with one attached hydrogen (secondary N) is 2. The molecule has 106 valence electrons. The van der Waals surface area contributed by atoms with E-state index in [0.717, 1.165) is 17.5 Å². The Labute approximate surface area is 122 Å². The van der Waals surface area contributed by atoms with Crippen LogP contribution in [0.3, 0.4) is 0 Å². The van der Waals surface area contributed by atoms with Gasteiger partial charge in [0.15, 0.2) is 0 Å². The molecule has 3 aromatic rings. The predicted octanol–water partition coefficient (Wildman–Crippen LogP) is 2.67. The lowest BCUT2D eigenvalue weighted by molar-refractivity contribution is 0.0953. The molecular weight excluding hydrogens is 262 g/mol. The summed E-state index contributed by atoms with van der Waals surface area (Å²) in [7, 11) is 0. The highest BCUT2D eigenvalue weighted by Crippen LogP contribution is 2.24. The minimum Gasteiger partial charge on any atom is -0.358 e. The maximum Gasteiger partial charge on any atom is 0.265 e. The van der Waals surface area contributed by atoms with Crippen molar-refractivity contribution in [3.05, 3.63) is 70.9 Å². The van der Waals surface area contributed by atoms with Crippen LogP contribution in [0.5, 0.6) is 0 Å². The lowest BCUT2D eigenvalue weighted by Gasteiger charge is -2.04. The molecule has 0 aliphatic carbocycles. The Morgan fingerprint density at radius 2 is 1.86 bits per heavy atom. The van der Waals surface area contributed by atoms with Gasteiger partial charge in [-0.2, -0.15) is 0 Å². The van der Waals surface area contributed by atoms with Gasteiger partial charge in [0.25, 0.3) is 5.91 Å². The van der Waals surface area contributed by atoms with Gasteiger partial charge in [-0.1, -0.05) is 30.3 Å². The largest absolute Gasteiger partial charge is 0.358 e. The van der Waals surface area contributed by atoms with Crippen LogP contribution in [0.1, 0.15) is 27.2 Å². The summed E-state index contributed by atoms with van der Waals surface area (Å²) in [5.41, 5.74) is 7.50. The number of hydrogen-bond donors (Lipinski definition) is 3. The number of fused-ring (bicyclic) bond motifs is 1. The number of rotatable bonds is 3. The molecule has 0 saturated heterocycles. The second-order valence-corrected chi connectivity index (χ2v) is 5.12. The molecule has 0 radical (unpaired) electrons. The first-order chi connectivity index (χ1) is 10.2. The standard InChI is InChI=1S/C17H17N3O/c1-11-15(14-4-2-3-5-16(14)19-11)10-12-6-8-13(9-7-12)17(21)20-18/h2-9,19H,10,18H2,1H3,(H,20,21). The molecule has 0 fully saturated rings. The molecule has 2 aromatic carbocycles. The average molecular weight is 279 g/mol. The third-order valence-electron chi connectivity index (χ3n) is 3.76. The summed E-state index contributed by atoms with van der Waals surface area (Å²) in [5.74, 6) is 4.86. The third-order valence-corrected chi connectivity index (χ3v) is 3.76. The Kier molecular flexibility index (Phi) is 3.46. The highest BCUT2D eigenvalue weighted by Gasteiger charge is 2.09. The maximum atomic E-state index is 11.4. The smallest absolute Gasteiger partial charge is 0.265 e. The molecule has 1 heterocycles. The zero-order valence-electron chi connectivity index (χ0n) is 11.8. The van der Waals surface area contributed by atoms with Gasteiger partial charge in [0.05, 0.1) is 0 Å². The van der Waals surface area contributed by atoms with Gasteiger partial charge in [-0.05, 0) is 42.7 Å². The van der Waals surface area contributed by atoms with Crippen molar-refractivity contribution in [3.8, 4) is 0 Å². The third kappa shape index (κ3) is 2.53. The molecule has 4 heteroatoms. The molecule has 0 aliphatic heterocycles. The van der Waals surface area contributed by atoms with Crippen LogP contribution in [0.25, 0.3) is 10.9 Å². The minimum atomic E-state index is -0.273. The van der Waals surface area contributed by atoms with Gasteiger partial charge in [-0.15, -0.1) is 0 Å². The van der Waals surface area contributed by atoms with Crippen molar-refractivity contribution in [1.82, 2.24) is 10.4 Å². The zero-order valence-corrected chi connectivity index (χ0v) is 11.8. The Hall–Kier alpha value is -2.59. The molecule has 21 heavy (non-hydrogen) atoms. The normalized spacial score (nSPS) is 10.8. The number of benzene rings is 2. The van der Waals surface area contributed by atoms with E-state index in [0.29, 0.717) is 5.56 Å². The minimum absolute atomic E-state index is 0.273. The van der Waals surface area contributed by atoms with E-state index in [9.17, 15) is 4.79 Å². The van der Waals surface area contributed by atoms with E-state index in [1.165, 1.54) is 16.6 Å². The molecule has 1 amide bonds. The first-order valence-corrected chi connectivity index (χ1v) is 6.85. The lowest BCUT2D eigenvalue weighted by atomic mass is 10.0. The number of nitrogen functional groups attached to an aromatic ring is 1. The average Bonchev–Trinajstić information content (AvgIpc) is 2.83. The van der Waals surface area contributed by atoms with Crippen molar-refractivity contribution >= 4 is 16.8 Å². The molecule has 0 bridgehead atoms. The second-order valence-electron chi connectivity index (χ2n) is 5.12. The summed E-state index contributed by atoms with van der Waals surface area (Å²) >= 11 is 0. The number of carbonyl (C=O) groups excluding carboxylic acids is 1. The number of carbonyl (C=O) groups is 1. The number of para-hydroxylation sites is 1. The van der Waals surface area contributed by atoms with Crippen LogP contribution >= 0.6 is 0 Å². The maximum absolute atomic E-state index is 11.4. The first kappa shape index (κ1) is 13.4. The van der Waals surface area contributed by atoms with Crippen LogP contribution < -0.4 is 11.3 Å². The molecule has 0 unspecified atom stereocenters. The van der Waals surface area contributed by atoms with Crippen molar-refractivity contribution in [2.75, 3.05) is 0 Å². The van der Waals surface area contributed by atoms with E-state index < -0.39 is 0 Å². The van der Waals surface area contributed by atoms with Gasteiger partial charge in [0, 0.05) is 22.2 Å². The van der Waals surface area contributed by atoms with E-state index in [2.05, 4.69) is 29.5 Å². The van der Waals surface area contributed by atoms with Gasteiger partial charge in [-0.25, -0.2) is 5.84 Å². The number of aromatic amines is 1. The number of nitrogens with two attached hydrogens (primary N) is 1. The highest BCUT2D eigenvalue weighted by molar-refractivity contribution is 5.93. The van der Waals surface area contributed by atoms with Gasteiger partial charge in [0.2, 0.25) is 0 Å². The Morgan fingerprint density at radius 3 is 2.57 bits per heavy atom. The second kappa shape index (κ2) is 5.42. The predicted molar refractivity (Wildman–Crippen MR) is 83.9 cm³/mol. The first-order valence-electron chi connectivity index (χ1n) is 6.85. The van der Waals surface area contributed by atoms with Crippen LogP contribution in [-0.2, 0) is 6.42 Å². The summed E-state index contributed by atoms with van der Waals surface area (Å²) in [4.78, 5) is 14.8. The fourth-order valence-corrected chi connectivity index (χ4v) is 2.62. The number of aromatic nitrogens is 1. The topological polar surface area (TPSA) is 70.9 Å². The van der Waals surface area contributed by atoms with E-state index in [1.54, 1.807) is 12.1 Å². The highest BCUT2D eigenvalue weighted by atomic mass is 16.2. The summed E-state index contributed by atoms with van der Waals surface area (Å²) in [6, 6.07) is 15.8. The van der Waals surface area contributed by atoms with Crippen molar-refractivity contribution in [3.63, 3.8) is 0 Å². The van der Waals surface area contributed by atoms with Crippen molar-refractivity contribution in [2.24, 2.45) is 5.84 Å². The summed E-state index contributed by atoms with van der Waals surface area (Å²) in [6.45, 7) is 2.09. The summed E-state index contributed by atoms with van der Waals surface area (Å²) < 4.78 is 0. The Morgan fingerprint density at radius 1 is 1.14 bits per heavy atom. The fraction of sp³-hybridized carbons (Fsp3) is 0.118. The SMILES string of the molecule is Cc1[nH]c2ccccc2c1Cc1ccc(C(=O)NN)cc1. The van der Waals surface area contributed by atoms with E-state index in [1.807, 2.05) is 24.3 Å². The van der Waals surface area contributed by atoms with Crippen LogP contribution in [0.4, 0.5) is 0 Å². The number of amides is 1. The molecule has 1 aromatic heterocycles. The zero-order chi connectivity index (χ0) is 14.8. The number of hydrogen-bond acceptors (Lipinski definition) is 2. The van der Waals surface area contributed by atoms with Gasteiger partial charge < -0.3 is 4.98 Å².